The van der Waals surface area contributed by atoms with Gasteiger partial charge in [0.2, 0.25) is 5.88 Å². The second-order valence-electron chi connectivity index (χ2n) is 2.46. The van der Waals surface area contributed by atoms with Gasteiger partial charge in [0.1, 0.15) is 3.70 Å². The van der Waals surface area contributed by atoms with Crippen LogP contribution in [0.2, 0.25) is 0 Å². The van der Waals surface area contributed by atoms with Crippen molar-refractivity contribution in [3.8, 4) is 5.88 Å². The molecule has 0 unspecified atom stereocenters. The highest BCUT2D eigenvalue weighted by Crippen LogP contribution is 2.30. The number of rotatable bonds is 3. The fourth-order valence-electron chi connectivity index (χ4n) is 0.967. The average molecular weight is 378 g/mol. The smallest absolute Gasteiger partial charge is 0.264 e. The summed E-state index contributed by atoms with van der Waals surface area (Å²) in [6, 6.07) is 1.27. The summed E-state index contributed by atoms with van der Waals surface area (Å²) < 4.78 is 30.6. The van der Waals surface area contributed by atoms with Crippen molar-refractivity contribution in [2.24, 2.45) is 0 Å². The number of nitrogens with zero attached hydrogens (tertiary/aromatic N) is 1. The standard InChI is InChI=1S/C8H7BrF2INO/c1-14-6-2-4(7(10)11)5(3-9)8(12)13-6/h2,7H,3H2,1H3. The monoisotopic (exact) mass is 377 g/mol. The fourth-order valence-corrected chi connectivity index (χ4v) is 2.82. The average Bonchev–Trinajstić information content (AvgIpc) is 2.16. The number of halogens is 4. The fraction of sp³-hybridized carbons (Fsp3) is 0.375. The number of hydrogen-bond donors (Lipinski definition) is 0. The van der Waals surface area contributed by atoms with Crippen molar-refractivity contribution < 1.29 is 13.5 Å². The Hall–Kier alpha value is 0.0200. The molecule has 0 saturated carbocycles. The summed E-state index contributed by atoms with van der Waals surface area (Å²) in [5.74, 6) is 0.217. The third-order valence-corrected chi connectivity index (χ3v) is 3.12. The van der Waals surface area contributed by atoms with Crippen molar-refractivity contribution in [3.05, 3.63) is 20.9 Å². The molecule has 1 aromatic rings. The van der Waals surface area contributed by atoms with Crippen molar-refractivity contribution in [1.29, 1.82) is 0 Å². The Bertz CT molecular complexity index is 335. The van der Waals surface area contributed by atoms with Gasteiger partial charge in [-0.2, -0.15) is 0 Å². The summed E-state index contributed by atoms with van der Waals surface area (Å²) in [6.45, 7) is 0. The molecule has 6 heteroatoms. The van der Waals surface area contributed by atoms with Crippen LogP contribution in [0.4, 0.5) is 8.78 Å². The third-order valence-electron chi connectivity index (χ3n) is 1.66. The van der Waals surface area contributed by atoms with Gasteiger partial charge in [0, 0.05) is 22.5 Å². The van der Waals surface area contributed by atoms with Crippen LogP contribution in [0.1, 0.15) is 17.6 Å². The van der Waals surface area contributed by atoms with Crippen molar-refractivity contribution in [1.82, 2.24) is 4.98 Å². The number of hydrogen-bond acceptors (Lipinski definition) is 2. The molecule has 1 rings (SSSR count). The van der Waals surface area contributed by atoms with Crippen LogP contribution in [-0.2, 0) is 5.33 Å². The molecule has 0 saturated heterocycles. The van der Waals surface area contributed by atoms with Crippen molar-refractivity contribution in [2.45, 2.75) is 11.8 Å². The van der Waals surface area contributed by atoms with Gasteiger partial charge in [-0.3, -0.25) is 0 Å². The van der Waals surface area contributed by atoms with E-state index in [4.69, 9.17) is 4.74 Å². The van der Waals surface area contributed by atoms with Gasteiger partial charge >= 0.3 is 0 Å². The van der Waals surface area contributed by atoms with Gasteiger partial charge in [-0.25, -0.2) is 13.8 Å². The summed E-state index contributed by atoms with van der Waals surface area (Å²) in [5.41, 5.74) is 0.486. The van der Waals surface area contributed by atoms with Crippen LogP contribution in [-0.4, -0.2) is 12.1 Å². The van der Waals surface area contributed by atoms with Crippen LogP contribution in [0.3, 0.4) is 0 Å². The van der Waals surface area contributed by atoms with Crippen molar-refractivity contribution in [3.63, 3.8) is 0 Å². The van der Waals surface area contributed by atoms with Crippen LogP contribution < -0.4 is 4.74 Å². The molecule has 0 fully saturated rings. The molecule has 0 aliphatic rings. The molecule has 0 radical (unpaired) electrons. The summed E-state index contributed by atoms with van der Waals surface area (Å²) in [4.78, 5) is 4.01. The quantitative estimate of drug-likeness (QED) is 0.456. The second kappa shape index (κ2) is 5.20. The van der Waals surface area contributed by atoms with Gasteiger partial charge in [-0.1, -0.05) is 15.9 Å². The molecule has 0 N–H and O–H groups in total. The van der Waals surface area contributed by atoms with Gasteiger partial charge in [0.25, 0.3) is 6.43 Å². The Kier molecular flexibility index (Phi) is 4.49. The second-order valence-corrected chi connectivity index (χ2v) is 4.04. The molecule has 0 aliphatic carbocycles. The molecular weight excluding hydrogens is 371 g/mol. The van der Waals surface area contributed by atoms with Crippen LogP contribution in [0.5, 0.6) is 5.88 Å². The van der Waals surface area contributed by atoms with Gasteiger partial charge in [-0.15, -0.1) is 0 Å². The zero-order valence-electron chi connectivity index (χ0n) is 7.23. The van der Waals surface area contributed by atoms with Crippen LogP contribution in [0.15, 0.2) is 6.07 Å². The van der Waals surface area contributed by atoms with Gasteiger partial charge in [-0.05, 0) is 22.6 Å². The topological polar surface area (TPSA) is 22.1 Å². The molecule has 2 nitrogen and oxygen atoms in total. The van der Waals surface area contributed by atoms with Crippen LogP contribution >= 0.6 is 38.5 Å². The zero-order chi connectivity index (χ0) is 10.7. The molecular formula is C8H7BrF2INO. The number of pyridine rings is 1. The minimum Gasteiger partial charge on any atom is -0.481 e. The van der Waals surface area contributed by atoms with Gasteiger partial charge in [0.05, 0.1) is 7.11 Å². The van der Waals surface area contributed by atoms with E-state index in [-0.39, 0.29) is 11.4 Å². The first-order valence-corrected chi connectivity index (χ1v) is 5.87. The van der Waals surface area contributed by atoms with Crippen LogP contribution in [0.25, 0.3) is 0 Å². The van der Waals surface area contributed by atoms with E-state index < -0.39 is 6.43 Å². The largest absolute Gasteiger partial charge is 0.481 e. The third kappa shape index (κ3) is 2.53. The van der Waals surface area contributed by atoms with Crippen molar-refractivity contribution in [2.75, 3.05) is 7.11 Å². The molecule has 14 heavy (non-hydrogen) atoms. The molecule has 0 atom stereocenters. The summed E-state index contributed by atoms with van der Waals surface area (Å²) in [7, 11) is 1.40. The first-order valence-electron chi connectivity index (χ1n) is 3.67. The number of aromatic nitrogens is 1. The SMILES string of the molecule is COc1cc(C(F)F)c(CBr)c(I)n1. The van der Waals surface area contributed by atoms with E-state index in [1.807, 2.05) is 22.6 Å². The van der Waals surface area contributed by atoms with E-state index in [2.05, 4.69) is 20.9 Å². The number of methoxy groups -OCH3 is 1. The lowest BCUT2D eigenvalue weighted by atomic mass is 10.2. The maximum Gasteiger partial charge on any atom is 0.264 e. The Balaban J connectivity index is 3.28. The Morgan fingerprint density at radius 2 is 2.29 bits per heavy atom. The van der Waals surface area contributed by atoms with E-state index >= 15 is 0 Å². The Labute approximate surface area is 102 Å². The lowest BCUT2D eigenvalue weighted by molar-refractivity contribution is 0.149. The highest BCUT2D eigenvalue weighted by Gasteiger charge is 2.17. The predicted molar refractivity (Wildman–Crippen MR) is 61.1 cm³/mol. The predicted octanol–water partition coefficient (Wildman–Crippen LogP) is 3.53. The zero-order valence-corrected chi connectivity index (χ0v) is 11.0. The maximum absolute atomic E-state index is 12.6. The molecule has 0 aromatic carbocycles. The number of alkyl halides is 3. The highest BCUT2D eigenvalue weighted by atomic mass is 127. The van der Waals surface area contributed by atoms with Gasteiger partial charge in [0.15, 0.2) is 0 Å². The molecule has 0 amide bonds. The molecule has 1 heterocycles. The molecule has 78 valence electrons. The summed E-state index contributed by atoms with van der Waals surface area (Å²) >= 11 is 5.07. The Morgan fingerprint density at radius 3 is 2.71 bits per heavy atom. The van der Waals surface area contributed by atoms with E-state index in [1.54, 1.807) is 0 Å². The van der Waals surface area contributed by atoms with E-state index in [0.29, 0.717) is 14.6 Å². The molecule has 0 spiro atoms. The molecule has 0 aliphatic heterocycles. The van der Waals surface area contributed by atoms with E-state index in [0.717, 1.165) is 0 Å². The van der Waals surface area contributed by atoms with Crippen LogP contribution in [0, 0.1) is 3.70 Å². The summed E-state index contributed by atoms with van der Waals surface area (Å²) in [5, 5.41) is 0.363. The van der Waals surface area contributed by atoms with Gasteiger partial charge < -0.3 is 4.74 Å². The summed E-state index contributed by atoms with van der Waals surface area (Å²) in [6.07, 6.45) is -2.51. The van der Waals surface area contributed by atoms with E-state index in [1.165, 1.54) is 13.2 Å². The normalized spacial score (nSPS) is 10.7. The lowest BCUT2D eigenvalue weighted by Crippen LogP contribution is -2.00. The lowest BCUT2D eigenvalue weighted by Gasteiger charge is -2.09. The maximum atomic E-state index is 12.6. The minimum atomic E-state index is -2.51. The first-order chi connectivity index (χ1) is 6.60. The first kappa shape index (κ1) is 12.1. The number of ether oxygens (including phenoxy) is 1. The highest BCUT2D eigenvalue weighted by molar-refractivity contribution is 14.1. The van der Waals surface area contributed by atoms with E-state index in [9.17, 15) is 8.78 Å². The minimum absolute atomic E-state index is 0.0295. The Morgan fingerprint density at radius 1 is 1.64 bits per heavy atom. The molecule has 1 aromatic heterocycles. The molecule has 0 bridgehead atoms. The van der Waals surface area contributed by atoms with Crippen molar-refractivity contribution >= 4 is 38.5 Å².